The second kappa shape index (κ2) is 6.38. The zero-order valence-corrected chi connectivity index (χ0v) is 14.5. The fraction of sp³-hybridized carbons (Fsp3) is 0.450. The Morgan fingerprint density at radius 1 is 1.25 bits per heavy atom. The lowest BCUT2D eigenvalue weighted by atomic mass is 9.70. The molecule has 0 spiro atoms. The Labute approximate surface area is 147 Å². The number of benzene rings is 1. The van der Waals surface area contributed by atoms with Crippen LogP contribution in [0.15, 0.2) is 29.8 Å². The third kappa shape index (κ3) is 2.80. The quantitative estimate of drug-likeness (QED) is 0.630. The number of fused-ring (bicyclic) bond motifs is 5. The fourth-order valence-corrected chi connectivity index (χ4v) is 4.60. The van der Waals surface area contributed by atoms with E-state index in [2.05, 4.69) is 6.08 Å². The normalized spacial score (nSPS) is 22.3. The van der Waals surface area contributed by atoms with Gasteiger partial charge < -0.3 is 10.8 Å². The zero-order chi connectivity index (χ0) is 16.7. The molecule has 2 aliphatic carbocycles. The van der Waals surface area contributed by atoms with Crippen molar-refractivity contribution in [1.29, 1.82) is 0 Å². The van der Waals surface area contributed by atoms with Crippen LogP contribution in [0, 0.1) is 5.92 Å². The molecule has 3 nitrogen and oxygen atoms in total. The number of anilines is 1. The van der Waals surface area contributed by atoms with Crippen molar-refractivity contribution < 1.29 is 5.11 Å². The molecule has 0 saturated heterocycles. The summed E-state index contributed by atoms with van der Waals surface area (Å²) in [5, 5.41) is 10.7. The molecule has 4 heteroatoms. The van der Waals surface area contributed by atoms with Crippen LogP contribution in [0.2, 0.25) is 5.02 Å². The van der Waals surface area contributed by atoms with Gasteiger partial charge in [-0.2, -0.15) is 0 Å². The summed E-state index contributed by atoms with van der Waals surface area (Å²) in [6.07, 6.45) is 8.75. The first-order valence-corrected chi connectivity index (χ1v) is 9.21. The maximum Gasteiger partial charge on any atom is 0.0741 e. The number of aromatic nitrogens is 1. The van der Waals surface area contributed by atoms with Gasteiger partial charge in [0.15, 0.2) is 0 Å². The summed E-state index contributed by atoms with van der Waals surface area (Å²) in [7, 11) is 0. The Balaban J connectivity index is 1.70. The number of aliphatic hydroxyl groups excluding tert-OH is 1. The second-order valence-electron chi connectivity index (χ2n) is 7.15. The van der Waals surface area contributed by atoms with Gasteiger partial charge in [-0.05, 0) is 68.6 Å². The van der Waals surface area contributed by atoms with Crippen LogP contribution >= 0.6 is 11.6 Å². The van der Waals surface area contributed by atoms with Crippen molar-refractivity contribution in [3.63, 3.8) is 0 Å². The first-order chi connectivity index (χ1) is 11.7. The number of aliphatic hydroxyl groups is 1. The van der Waals surface area contributed by atoms with E-state index in [9.17, 15) is 0 Å². The highest BCUT2D eigenvalue weighted by atomic mass is 35.5. The van der Waals surface area contributed by atoms with E-state index in [-0.39, 0.29) is 6.61 Å². The summed E-state index contributed by atoms with van der Waals surface area (Å²) >= 11 is 6.12. The molecule has 1 heterocycles. The number of rotatable bonds is 4. The Hall–Kier alpha value is -1.58. The Morgan fingerprint density at radius 2 is 2.12 bits per heavy atom. The molecule has 126 valence electrons. The third-order valence-electron chi connectivity index (χ3n) is 5.44. The molecule has 0 saturated carbocycles. The van der Waals surface area contributed by atoms with Crippen molar-refractivity contribution in [2.75, 3.05) is 12.3 Å². The first-order valence-electron chi connectivity index (χ1n) is 8.83. The molecule has 0 radical (unpaired) electrons. The topological polar surface area (TPSA) is 59.1 Å². The smallest absolute Gasteiger partial charge is 0.0741 e. The van der Waals surface area contributed by atoms with Crippen LogP contribution in [-0.2, 0) is 6.42 Å². The largest absolute Gasteiger partial charge is 0.398 e. The van der Waals surface area contributed by atoms with Gasteiger partial charge in [0.05, 0.1) is 5.52 Å². The van der Waals surface area contributed by atoms with E-state index in [0.29, 0.717) is 16.9 Å². The summed E-state index contributed by atoms with van der Waals surface area (Å²) in [5.74, 6) is 1.06. The van der Waals surface area contributed by atoms with E-state index in [1.54, 1.807) is 0 Å². The van der Waals surface area contributed by atoms with Gasteiger partial charge in [0.1, 0.15) is 0 Å². The number of unbranched alkanes of at least 4 members (excludes halogenated alkanes) is 1. The summed E-state index contributed by atoms with van der Waals surface area (Å²) < 4.78 is 0. The van der Waals surface area contributed by atoms with E-state index >= 15 is 0 Å². The Bertz CT molecular complexity index is 815. The van der Waals surface area contributed by atoms with E-state index < -0.39 is 0 Å². The lowest BCUT2D eigenvalue weighted by molar-refractivity contribution is 0.284. The molecule has 0 unspecified atom stereocenters. The van der Waals surface area contributed by atoms with Gasteiger partial charge in [-0.3, -0.25) is 4.98 Å². The lowest BCUT2D eigenvalue weighted by Gasteiger charge is -2.36. The summed E-state index contributed by atoms with van der Waals surface area (Å²) in [6, 6.07) is 5.79. The minimum Gasteiger partial charge on any atom is -0.398 e. The van der Waals surface area contributed by atoms with Crippen molar-refractivity contribution in [3.05, 3.63) is 46.1 Å². The first kappa shape index (κ1) is 15.9. The van der Waals surface area contributed by atoms with Crippen LogP contribution < -0.4 is 5.73 Å². The van der Waals surface area contributed by atoms with E-state index in [1.807, 2.05) is 18.2 Å². The number of nitrogens with zero attached hydrogens (tertiary/aromatic N) is 1. The van der Waals surface area contributed by atoms with Crippen LogP contribution in [0.3, 0.4) is 0 Å². The Kier molecular flexibility index (Phi) is 4.23. The molecule has 0 fully saturated rings. The number of hydrogen-bond donors (Lipinski definition) is 2. The second-order valence-corrected chi connectivity index (χ2v) is 7.59. The van der Waals surface area contributed by atoms with Crippen LogP contribution in [0.4, 0.5) is 5.69 Å². The van der Waals surface area contributed by atoms with Gasteiger partial charge in [0.25, 0.3) is 0 Å². The fourth-order valence-electron chi connectivity index (χ4n) is 4.44. The molecule has 0 aliphatic heterocycles. The number of hydrogen-bond acceptors (Lipinski definition) is 3. The third-order valence-corrected chi connectivity index (χ3v) is 5.68. The van der Waals surface area contributed by atoms with Gasteiger partial charge in [-0.15, -0.1) is 0 Å². The van der Waals surface area contributed by atoms with E-state index in [4.69, 9.17) is 27.4 Å². The summed E-state index contributed by atoms with van der Waals surface area (Å²) in [5.41, 5.74) is 12.3. The Morgan fingerprint density at radius 3 is 2.96 bits per heavy atom. The zero-order valence-electron chi connectivity index (χ0n) is 13.8. The van der Waals surface area contributed by atoms with Gasteiger partial charge in [-0.1, -0.05) is 23.3 Å². The van der Waals surface area contributed by atoms with Crippen molar-refractivity contribution in [3.8, 4) is 0 Å². The highest BCUT2D eigenvalue weighted by molar-refractivity contribution is 6.31. The van der Waals surface area contributed by atoms with Crippen LogP contribution in [0.5, 0.6) is 0 Å². The molecule has 0 amide bonds. The number of halogens is 1. The molecule has 1 aromatic heterocycles. The molecular formula is C20H23ClN2O. The summed E-state index contributed by atoms with van der Waals surface area (Å²) in [4.78, 5) is 4.89. The van der Waals surface area contributed by atoms with Crippen LogP contribution in [-0.4, -0.2) is 16.7 Å². The van der Waals surface area contributed by atoms with Crippen molar-refractivity contribution in [1.82, 2.24) is 4.98 Å². The molecule has 1 aromatic carbocycles. The minimum absolute atomic E-state index is 0.286. The molecule has 2 bridgehead atoms. The van der Waals surface area contributed by atoms with Gasteiger partial charge in [-0.25, -0.2) is 0 Å². The number of nitrogen functional groups attached to an aromatic ring is 1. The van der Waals surface area contributed by atoms with E-state index in [0.717, 1.165) is 54.4 Å². The van der Waals surface area contributed by atoms with E-state index in [1.165, 1.54) is 17.6 Å². The molecule has 3 N–H and O–H groups in total. The van der Waals surface area contributed by atoms with Crippen LogP contribution in [0.25, 0.3) is 10.9 Å². The maximum atomic E-state index is 8.99. The van der Waals surface area contributed by atoms with Crippen molar-refractivity contribution >= 4 is 28.2 Å². The highest BCUT2D eigenvalue weighted by Gasteiger charge is 2.33. The van der Waals surface area contributed by atoms with Crippen molar-refractivity contribution in [2.45, 2.75) is 44.4 Å². The highest BCUT2D eigenvalue weighted by Crippen LogP contribution is 2.47. The number of allylic oxidation sites excluding steroid dienone is 2. The van der Waals surface area contributed by atoms with Crippen molar-refractivity contribution in [2.24, 2.45) is 5.92 Å². The molecular weight excluding hydrogens is 320 g/mol. The monoisotopic (exact) mass is 342 g/mol. The molecule has 24 heavy (non-hydrogen) atoms. The van der Waals surface area contributed by atoms with Gasteiger partial charge in [0.2, 0.25) is 0 Å². The molecule has 2 aliphatic rings. The van der Waals surface area contributed by atoms with Crippen LogP contribution in [0.1, 0.15) is 49.3 Å². The number of pyridine rings is 1. The average Bonchev–Trinajstić information content (AvgIpc) is 2.54. The predicted octanol–water partition coefficient (Wildman–Crippen LogP) is 4.61. The summed E-state index contributed by atoms with van der Waals surface area (Å²) in [6.45, 7) is 0.286. The molecule has 4 rings (SSSR count). The van der Waals surface area contributed by atoms with Gasteiger partial charge in [0, 0.05) is 34.0 Å². The molecule has 2 atom stereocenters. The SMILES string of the molecule is Nc1c2c(nc3cc(Cl)ccc13)C[C@@H]1C=C(CCCCO)C[C@H]2C1. The van der Waals surface area contributed by atoms with Gasteiger partial charge >= 0.3 is 0 Å². The number of nitrogens with two attached hydrogens (primary N) is 1. The molecule has 2 aromatic rings. The lowest BCUT2D eigenvalue weighted by Crippen LogP contribution is -2.24. The average molecular weight is 343 g/mol. The maximum absolute atomic E-state index is 8.99. The standard InChI is InChI=1S/C20H23ClN2O/c21-15-4-5-16-17(11-15)23-18-10-13-7-12(3-1-2-6-24)8-14(9-13)19(18)20(16)22/h4-5,7,11,13-14,24H,1-3,6,8-10H2,(H2,22,23)/t13-,14+/m1/s1. The minimum atomic E-state index is 0.286. The predicted molar refractivity (Wildman–Crippen MR) is 99.4 cm³/mol.